The molecule has 0 fully saturated rings. The quantitative estimate of drug-likeness (QED) is 0.869. The van der Waals surface area contributed by atoms with Gasteiger partial charge in [0.1, 0.15) is 13.2 Å². The first-order chi connectivity index (χ1) is 9.61. The number of rotatable bonds is 6. The highest BCUT2D eigenvalue weighted by molar-refractivity contribution is 5.44. The fourth-order valence-electron chi connectivity index (χ4n) is 2.52. The van der Waals surface area contributed by atoms with Crippen molar-refractivity contribution in [3.8, 4) is 11.5 Å². The molecular formula is C16H26N2O2. The highest BCUT2D eigenvalue weighted by Crippen LogP contribution is 2.32. The van der Waals surface area contributed by atoms with Gasteiger partial charge in [0.25, 0.3) is 0 Å². The Morgan fingerprint density at radius 1 is 1.25 bits per heavy atom. The van der Waals surface area contributed by atoms with Crippen molar-refractivity contribution >= 4 is 0 Å². The largest absolute Gasteiger partial charge is 0.486 e. The lowest BCUT2D eigenvalue weighted by molar-refractivity contribution is 0.171. The van der Waals surface area contributed by atoms with Crippen molar-refractivity contribution in [2.75, 3.05) is 26.8 Å². The summed E-state index contributed by atoms with van der Waals surface area (Å²) in [5.41, 5.74) is 7.43. The van der Waals surface area contributed by atoms with Crippen molar-refractivity contribution < 1.29 is 9.47 Å². The van der Waals surface area contributed by atoms with E-state index in [1.54, 1.807) is 0 Å². The molecular weight excluding hydrogens is 252 g/mol. The van der Waals surface area contributed by atoms with Crippen LogP contribution in [0.2, 0.25) is 0 Å². The van der Waals surface area contributed by atoms with Crippen molar-refractivity contribution in [1.82, 2.24) is 4.90 Å². The zero-order valence-electron chi connectivity index (χ0n) is 12.8. The van der Waals surface area contributed by atoms with Crippen LogP contribution in [0.5, 0.6) is 11.5 Å². The van der Waals surface area contributed by atoms with E-state index >= 15 is 0 Å². The molecule has 0 saturated carbocycles. The van der Waals surface area contributed by atoms with E-state index < -0.39 is 0 Å². The normalized spacial score (nSPS) is 17.1. The molecule has 1 heterocycles. The molecule has 2 N–H and O–H groups in total. The number of likely N-dealkylation sites (N-methyl/N-ethyl adjacent to an activating group) is 1. The first kappa shape index (κ1) is 15.1. The molecule has 1 aliphatic rings. The summed E-state index contributed by atoms with van der Waals surface area (Å²) in [6.07, 6.45) is 2.40. The first-order valence-electron chi connectivity index (χ1n) is 7.47. The van der Waals surface area contributed by atoms with Gasteiger partial charge in [-0.1, -0.05) is 19.4 Å². The highest BCUT2D eigenvalue weighted by atomic mass is 16.6. The van der Waals surface area contributed by atoms with Crippen LogP contribution in [0.3, 0.4) is 0 Å². The van der Waals surface area contributed by atoms with Crippen LogP contribution in [0.25, 0.3) is 0 Å². The minimum atomic E-state index is -0.00451. The van der Waals surface area contributed by atoms with Gasteiger partial charge in [-0.15, -0.1) is 0 Å². The van der Waals surface area contributed by atoms with Crippen LogP contribution < -0.4 is 15.2 Å². The monoisotopic (exact) mass is 278 g/mol. The van der Waals surface area contributed by atoms with E-state index in [4.69, 9.17) is 15.2 Å². The maximum absolute atomic E-state index is 6.32. The molecule has 0 spiro atoms. The van der Waals surface area contributed by atoms with Gasteiger partial charge >= 0.3 is 0 Å². The zero-order valence-corrected chi connectivity index (χ0v) is 12.8. The Bertz CT molecular complexity index is 436. The second-order valence-corrected chi connectivity index (χ2v) is 5.59. The third-order valence-corrected chi connectivity index (χ3v) is 3.94. The molecule has 2 atom stereocenters. The number of ether oxygens (including phenoxy) is 2. The molecule has 1 aromatic rings. The lowest BCUT2D eigenvalue weighted by Crippen LogP contribution is -2.35. The van der Waals surface area contributed by atoms with Gasteiger partial charge < -0.3 is 20.1 Å². The van der Waals surface area contributed by atoms with E-state index in [1.807, 2.05) is 18.2 Å². The number of hydrogen-bond donors (Lipinski definition) is 1. The summed E-state index contributed by atoms with van der Waals surface area (Å²) >= 11 is 0. The molecule has 0 aliphatic carbocycles. The highest BCUT2D eigenvalue weighted by Gasteiger charge is 2.17. The summed E-state index contributed by atoms with van der Waals surface area (Å²) in [6.45, 7) is 6.54. The third-order valence-electron chi connectivity index (χ3n) is 3.94. The van der Waals surface area contributed by atoms with E-state index in [2.05, 4.69) is 25.8 Å². The molecule has 2 unspecified atom stereocenters. The maximum Gasteiger partial charge on any atom is 0.161 e. The fraction of sp³-hybridized carbons (Fsp3) is 0.625. The molecule has 2 rings (SSSR count). The number of nitrogens with two attached hydrogens (primary N) is 1. The Morgan fingerprint density at radius 3 is 2.65 bits per heavy atom. The van der Waals surface area contributed by atoms with Crippen molar-refractivity contribution in [3.63, 3.8) is 0 Å². The van der Waals surface area contributed by atoms with Gasteiger partial charge in [-0.25, -0.2) is 0 Å². The summed E-state index contributed by atoms with van der Waals surface area (Å²) < 4.78 is 11.1. The Morgan fingerprint density at radius 2 is 1.95 bits per heavy atom. The molecule has 0 aromatic heterocycles. The Balaban J connectivity index is 2.00. The number of fused-ring (bicyclic) bond motifs is 1. The van der Waals surface area contributed by atoms with Crippen LogP contribution in [-0.4, -0.2) is 37.7 Å². The van der Waals surface area contributed by atoms with Crippen molar-refractivity contribution in [2.45, 2.75) is 38.8 Å². The Labute approximate surface area is 121 Å². The van der Waals surface area contributed by atoms with Crippen LogP contribution >= 0.6 is 0 Å². The summed E-state index contributed by atoms with van der Waals surface area (Å²) in [5.74, 6) is 1.63. The van der Waals surface area contributed by atoms with Gasteiger partial charge in [0.05, 0.1) is 0 Å². The van der Waals surface area contributed by atoms with Crippen LogP contribution in [-0.2, 0) is 0 Å². The molecule has 4 heteroatoms. The molecule has 0 radical (unpaired) electrons. The van der Waals surface area contributed by atoms with Crippen LogP contribution in [0.1, 0.15) is 38.3 Å². The van der Waals surface area contributed by atoms with Gasteiger partial charge in [-0.2, -0.15) is 0 Å². The predicted octanol–water partition coefficient (Wildman–Crippen LogP) is 2.58. The summed E-state index contributed by atoms with van der Waals surface area (Å²) in [4.78, 5) is 2.32. The van der Waals surface area contributed by atoms with E-state index in [0.717, 1.165) is 23.6 Å². The molecule has 0 saturated heterocycles. The Hall–Kier alpha value is -1.26. The lowest BCUT2D eigenvalue weighted by atomic mass is 10.0. The van der Waals surface area contributed by atoms with Crippen molar-refractivity contribution in [2.24, 2.45) is 5.73 Å². The van der Waals surface area contributed by atoms with Gasteiger partial charge in [-0.3, -0.25) is 0 Å². The number of nitrogens with zero attached hydrogens (tertiary/aromatic N) is 1. The number of hydrogen-bond acceptors (Lipinski definition) is 4. The van der Waals surface area contributed by atoms with Gasteiger partial charge in [0.2, 0.25) is 0 Å². The second-order valence-electron chi connectivity index (χ2n) is 5.59. The van der Waals surface area contributed by atoms with Crippen molar-refractivity contribution in [1.29, 1.82) is 0 Å². The van der Waals surface area contributed by atoms with E-state index in [0.29, 0.717) is 19.3 Å². The predicted molar refractivity (Wildman–Crippen MR) is 81.4 cm³/mol. The SMILES string of the molecule is CCCC(C)N(C)CC(N)c1ccc2c(c1)OCCO2. The smallest absolute Gasteiger partial charge is 0.161 e. The zero-order chi connectivity index (χ0) is 14.5. The molecule has 1 aromatic carbocycles. The average molecular weight is 278 g/mol. The fourth-order valence-corrected chi connectivity index (χ4v) is 2.52. The summed E-state index contributed by atoms with van der Waals surface area (Å²) in [7, 11) is 2.14. The third kappa shape index (κ3) is 3.64. The first-order valence-corrected chi connectivity index (χ1v) is 7.47. The van der Waals surface area contributed by atoms with E-state index in [9.17, 15) is 0 Å². The number of benzene rings is 1. The second kappa shape index (κ2) is 6.95. The van der Waals surface area contributed by atoms with E-state index in [-0.39, 0.29) is 6.04 Å². The molecule has 20 heavy (non-hydrogen) atoms. The Kier molecular flexibility index (Phi) is 5.26. The maximum atomic E-state index is 6.32. The molecule has 112 valence electrons. The minimum Gasteiger partial charge on any atom is -0.486 e. The topological polar surface area (TPSA) is 47.7 Å². The van der Waals surface area contributed by atoms with Crippen LogP contribution in [0.4, 0.5) is 0 Å². The van der Waals surface area contributed by atoms with Gasteiger partial charge in [0, 0.05) is 18.6 Å². The van der Waals surface area contributed by atoms with Crippen molar-refractivity contribution in [3.05, 3.63) is 23.8 Å². The van der Waals surface area contributed by atoms with Crippen LogP contribution in [0.15, 0.2) is 18.2 Å². The standard InChI is InChI=1S/C16H26N2O2/c1-4-5-12(2)18(3)11-14(17)13-6-7-15-16(10-13)20-9-8-19-15/h6-7,10,12,14H,4-5,8-9,11,17H2,1-3H3. The van der Waals surface area contributed by atoms with Gasteiger partial charge in [0.15, 0.2) is 11.5 Å². The minimum absolute atomic E-state index is 0.00451. The van der Waals surface area contributed by atoms with Gasteiger partial charge in [-0.05, 0) is 38.1 Å². The summed E-state index contributed by atoms with van der Waals surface area (Å²) in [6, 6.07) is 6.56. The summed E-state index contributed by atoms with van der Waals surface area (Å²) in [5, 5.41) is 0. The lowest BCUT2D eigenvalue weighted by Gasteiger charge is -2.28. The van der Waals surface area contributed by atoms with Crippen LogP contribution in [0, 0.1) is 0 Å². The molecule has 1 aliphatic heterocycles. The molecule has 0 bridgehead atoms. The average Bonchev–Trinajstić information content (AvgIpc) is 2.46. The molecule has 0 amide bonds. The van der Waals surface area contributed by atoms with E-state index in [1.165, 1.54) is 12.8 Å². The molecule has 4 nitrogen and oxygen atoms in total.